The molecule has 0 unspecified atom stereocenters. The number of hydrogen-bond donors (Lipinski definition) is 3. The quantitative estimate of drug-likeness (QED) is 0.655. The Labute approximate surface area is 149 Å². The summed E-state index contributed by atoms with van der Waals surface area (Å²) in [5, 5.41) is 9.25. The Morgan fingerprint density at radius 2 is 2.20 bits per heavy atom. The van der Waals surface area contributed by atoms with Gasteiger partial charge in [-0.1, -0.05) is 30.3 Å². The molecule has 0 saturated carbocycles. The summed E-state index contributed by atoms with van der Waals surface area (Å²) in [6.07, 6.45) is 3.34. The van der Waals surface area contributed by atoms with Crippen molar-refractivity contribution in [2.75, 3.05) is 6.54 Å². The Morgan fingerprint density at radius 1 is 1.32 bits per heavy atom. The lowest BCUT2D eigenvalue weighted by Crippen LogP contribution is -2.41. The molecule has 1 aliphatic heterocycles. The molecular weight excluding hydrogens is 334 g/mol. The van der Waals surface area contributed by atoms with Crippen LogP contribution in [0.15, 0.2) is 42.0 Å². The van der Waals surface area contributed by atoms with Crippen LogP contribution in [-0.2, 0) is 24.2 Å². The molecule has 1 atom stereocenters. The number of aromatic nitrogens is 3. The third-order valence-corrected chi connectivity index (χ3v) is 5.15. The van der Waals surface area contributed by atoms with Crippen LogP contribution in [0.2, 0.25) is 0 Å². The maximum absolute atomic E-state index is 12.5. The van der Waals surface area contributed by atoms with Gasteiger partial charge in [-0.3, -0.25) is 4.79 Å². The van der Waals surface area contributed by atoms with Crippen LogP contribution in [0.25, 0.3) is 0 Å². The third kappa shape index (κ3) is 3.62. The summed E-state index contributed by atoms with van der Waals surface area (Å²) in [6.45, 7) is 1.20. The lowest BCUT2D eigenvalue weighted by molar-refractivity contribution is -0.123. The van der Waals surface area contributed by atoms with Crippen molar-refractivity contribution in [3.8, 4) is 0 Å². The van der Waals surface area contributed by atoms with Crippen molar-refractivity contribution in [2.45, 2.75) is 25.4 Å². The molecule has 3 heterocycles. The fourth-order valence-electron chi connectivity index (χ4n) is 3.00. The number of aromatic amines is 1. The third-order valence-electron chi connectivity index (χ3n) is 4.25. The highest BCUT2D eigenvalue weighted by molar-refractivity contribution is 7.09. The van der Waals surface area contributed by atoms with Gasteiger partial charge in [0.25, 0.3) is 0 Å². The molecule has 0 spiro atoms. The van der Waals surface area contributed by atoms with Crippen molar-refractivity contribution in [3.05, 3.63) is 69.7 Å². The number of nitrogens with one attached hydrogen (secondary N) is 3. The number of amides is 1. The molecule has 1 aromatic carbocycles. The lowest BCUT2D eigenvalue weighted by Gasteiger charge is -2.21. The first kappa shape index (κ1) is 16.0. The second-order valence-corrected chi connectivity index (χ2v) is 6.96. The topological polar surface area (TPSA) is 82.7 Å². The number of imidazole rings is 1. The smallest absolute Gasteiger partial charge is 0.243 e. The molecule has 25 heavy (non-hydrogen) atoms. The van der Waals surface area contributed by atoms with Gasteiger partial charge < -0.3 is 15.6 Å². The number of carbonyl (C=O) groups is 1. The summed E-state index contributed by atoms with van der Waals surface area (Å²) in [7, 11) is 0. The molecule has 0 saturated heterocycles. The first-order valence-electron chi connectivity index (χ1n) is 8.30. The molecule has 128 valence electrons. The molecule has 4 rings (SSSR count). The van der Waals surface area contributed by atoms with E-state index in [-0.39, 0.29) is 5.91 Å². The number of benzene rings is 1. The zero-order valence-corrected chi connectivity index (χ0v) is 14.5. The minimum absolute atomic E-state index is 0.0642. The van der Waals surface area contributed by atoms with Crippen LogP contribution in [0.1, 0.15) is 33.7 Å². The van der Waals surface area contributed by atoms with Crippen LogP contribution in [0.4, 0.5) is 0 Å². The fourth-order valence-corrected chi connectivity index (χ4v) is 3.83. The highest BCUT2D eigenvalue weighted by Crippen LogP contribution is 2.19. The van der Waals surface area contributed by atoms with Crippen molar-refractivity contribution in [3.63, 3.8) is 0 Å². The summed E-state index contributed by atoms with van der Waals surface area (Å²) in [4.78, 5) is 24.5. The van der Waals surface area contributed by atoms with Gasteiger partial charge in [-0.25, -0.2) is 9.97 Å². The number of fused-ring (bicyclic) bond motifs is 1. The zero-order chi connectivity index (χ0) is 17.1. The van der Waals surface area contributed by atoms with Gasteiger partial charge in [-0.05, 0) is 5.56 Å². The number of rotatable bonds is 5. The number of carbonyl (C=O) groups excluding carboxylic acids is 1. The Kier molecular flexibility index (Phi) is 4.58. The first-order chi connectivity index (χ1) is 12.3. The van der Waals surface area contributed by atoms with E-state index >= 15 is 0 Å². The van der Waals surface area contributed by atoms with E-state index in [1.165, 1.54) is 5.56 Å². The van der Waals surface area contributed by atoms with E-state index < -0.39 is 6.04 Å². The van der Waals surface area contributed by atoms with Crippen LogP contribution in [0.5, 0.6) is 0 Å². The number of H-pyrrole nitrogens is 1. The maximum Gasteiger partial charge on any atom is 0.243 e. The van der Waals surface area contributed by atoms with E-state index in [9.17, 15) is 4.79 Å². The summed E-state index contributed by atoms with van der Waals surface area (Å²) in [5.74, 6) is -0.0642. The van der Waals surface area contributed by atoms with E-state index in [4.69, 9.17) is 0 Å². The molecular formula is C18H19N5OS. The van der Waals surface area contributed by atoms with Crippen LogP contribution in [0.3, 0.4) is 0 Å². The number of thiazole rings is 1. The van der Waals surface area contributed by atoms with E-state index in [0.29, 0.717) is 6.54 Å². The van der Waals surface area contributed by atoms with Crippen molar-refractivity contribution in [1.29, 1.82) is 0 Å². The monoisotopic (exact) mass is 353 g/mol. The lowest BCUT2D eigenvalue weighted by atomic mass is 10.1. The normalized spacial score (nSPS) is 16.4. The predicted molar refractivity (Wildman–Crippen MR) is 96.2 cm³/mol. The van der Waals surface area contributed by atoms with Gasteiger partial charge in [0.05, 0.1) is 29.3 Å². The van der Waals surface area contributed by atoms with Crippen LogP contribution in [0, 0.1) is 0 Å². The van der Waals surface area contributed by atoms with Gasteiger partial charge in [0, 0.05) is 30.5 Å². The summed E-state index contributed by atoms with van der Waals surface area (Å²) in [6, 6.07) is 9.88. The molecule has 2 aromatic heterocycles. The van der Waals surface area contributed by atoms with Crippen molar-refractivity contribution in [1.82, 2.24) is 25.6 Å². The minimum atomic E-state index is -0.391. The second kappa shape index (κ2) is 7.16. The van der Waals surface area contributed by atoms with E-state index in [2.05, 4.69) is 37.7 Å². The van der Waals surface area contributed by atoms with Crippen molar-refractivity contribution >= 4 is 17.2 Å². The molecule has 1 amide bonds. The Bertz CT molecular complexity index is 857. The average Bonchev–Trinajstić information content (AvgIpc) is 3.29. The van der Waals surface area contributed by atoms with Crippen LogP contribution in [-0.4, -0.2) is 27.4 Å². The van der Waals surface area contributed by atoms with Gasteiger partial charge >= 0.3 is 0 Å². The highest BCUT2D eigenvalue weighted by Gasteiger charge is 2.28. The Balaban J connectivity index is 1.35. The highest BCUT2D eigenvalue weighted by atomic mass is 32.1. The number of nitrogens with zero attached hydrogens (tertiary/aromatic N) is 2. The maximum atomic E-state index is 12.5. The van der Waals surface area contributed by atoms with E-state index in [1.54, 1.807) is 17.7 Å². The standard InChI is InChI=1S/C18H19N5OS/c24-18(17-16-14(6-7-19-17)21-11-22-16)20-9-13-10-25-15(23-13)8-12-4-2-1-3-5-12/h1-5,10-11,17,19H,6-9H2,(H,20,24)(H,21,22)/t17-/m1/s1. The largest absolute Gasteiger partial charge is 0.349 e. The Hall–Kier alpha value is -2.51. The SMILES string of the molecule is O=C(NCc1csc(Cc2ccccc2)n1)[C@@H]1NCCc2[nH]cnc21. The second-order valence-electron chi connectivity index (χ2n) is 6.02. The molecule has 7 heteroatoms. The van der Waals surface area contributed by atoms with Gasteiger partial charge in [0.15, 0.2) is 0 Å². The van der Waals surface area contributed by atoms with E-state index in [0.717, 1.165) is 41.5 Å². The Morgan fingerprint density at radius 3 is 3.08 bits per heavy atom. The molecule has 3 N–H and O–H groups in total. The van der Waals surface area contributed by atoms with Gasteiger partial charge in [0.2, 0.25) is 5.91 Å². The molecule has 0 aliphatic carbocycles. The summed E-state index contributed by atoms with van der Waals surface area (Å²) in [5.41, 5.74) is 3.97. The fraction of sp³-hybridized carbons (Fsp3) is 0.278. The van der Waals surface area contributed by atoms with Gasteiger partial charge in [-0.2, -0.15) is 0 Å². The molecule has 0 bridgehead atoms. The van der Waals surface area contributed by atoms with Crippen molar-refractivity contribution in [2.24, 2.45) is 0 Å². The average molecular weight is 353 g/mol. The molecule has 6 nitrogen and oxygen atoms in total. The van der Waals surface area contributed by atoms with Crippen LogP contribution >= 0.6 is 11.3 Å². The first-order valence-corrected chi connectivity index (χ1v) is 9.18. The number of hydrogen-bond acceptors (Lipinski definition) is 5. The summed E-state index contributed by atoms with van der Waals surface area (Å²) < 4.78 is 0. The van der Waals surface area contributed by atoms with Gasteiger partial charge in [-0.15, -0.1) is 11.3 Å². The molecule has 1 aliphatic rings. The van der Waals surface area contributed by atoms with Crippen molar-refractivity contribution < 1.29 is 4.79 Å². The van der Waals surface area contributed by atoms with Crippen LogP contribution < -0.4 is 10.6 Å². The van der Waals surface area contributed by atoms with E-state index in [1.807, 2.05) is 23.6 Å². The van der Waals surface area contributed by atoms with Gasteiger partial charge in [0.1, 0.15) is 6.04 Å². The minimum Gasteiger partial charge on any atom is -0.349 e. The zero-order valence-electron chi connectivity index (χ0n) is 13.7. The molecule has 0 radical (unpaired) electrons. The summed E-state index contributed by atoms with van der Waals surface area (Å²) >= 11 is 1.63. The molecule has 3 aromatic rings. The molecule has 0 fully saturated rings. The predicted octanol–water partition coefficient (Wildman–Crippen LogP) is 1.96.